The van der Waals surface area contributed by atoms with Crippen LogP contribution in [0, 0.1) is 5.82 Å². The van der Waals surface area contributed by atoms with Crippen LogP contribution in [0.2, 0.25) is 0 Å². The maximum atomic E-state index is 13.8. The fourth-order valence-corrected chi connectivity index (χ4v) is 1.85. The number of rotatable bonds is 5. The molecule has 0 saturated heterocycles. The van der Waals surface area contributed by atoms with Crippen molar-refractivity contribution in [3.8, 4) is 11.1 Å². The molecule has 0 spiro atoms. The molecule has 4 heteroatoms. The second kappa shape index (κ2) is 5.78. The molecule has 0 bridgehead atoms. The molecule has 0 saturated carbocycles. The normalized spacial score (nSPS) is 10.8. The average Bonchev–Trinajstić information content (AvgIpc) is 2.86. The van der Waals surface area contributed by atoms with E-state index in [1.807, 2.05) is 25.3 Å². The fraction of sp³-hybridized carbons (Fsp3) is 0.357. The predicted molar refractivity (Wildman–Crippen MR) is 70.7 cm³/mol. The second-order valence-corrected chi connectivity index (χ2v) is 4.18. The van der Waals surface area contributed by atoms with Crippen molar-refractivity contribution in [2.45, 2.75) is 26.9 Å². The zero-order valence-electron chi connectivity index (χ0n) is 10.8. The number of nitrogens with one attached hydrogen (secondary N) is 1. The van der Waals surface area contributed by atoms with E-state index in [4.69, 9.17) is 0 Å². The van der Waals surface area contributed by atoms with Crippen LogP contribution in [0.1, 0.15) is 19.4 Å². The molecule has 0 aliphatic heterocycles. The highest BCUT2D eigenvalue weighted by molar-refractivity contribution is 5.63. The molecular weight excluding hydrogens is 229 g/mol. The van der Waals surface area contributed by atoms with Gasteiger partial charge in [-0.05, 0) is 31.2 Å². The summed E-state index contributed by atoms with van der Waals surface area (Å²) in [5, 5.41) is 7.41. The monoisotopic (exact) mass is 247 g/mol. The number of aromatic nitrogens is 2. The first-order valence-electron chi connectivity index (χ1n) is 6.26. The lowest BCUT2D eigenvalue weighted by Crippen LogP contribution is -2.11. The Balaban J connectivity index is 2.30. The largest absolute Gasteiger partial charge is 0.313 e. The standard InChI is InChI=1S/C14H18FN3/c1-3-16-8-11-5-6-14(15)13(7-11)12-9-17-18(4-2)10-12/h5-7,9-10,16H,3-4,8H2,1-2H3. The predicted octanol–water partition coefficient (Wildman–Crippen LogP) is 2.82. The van der Waals surface area contributed by atoms with Crippen molar-refractivity contribution in [2.75, 3.05) is 6.54 Å². The summed E-state index contributed by atoms with van der Waals surface area (Å²) in [7, 11) is 0. The fourth-order valence-electron chi connectivity index (χ4n) is 1.85. The van der Waals surface area contributed by atoms with Crippen molar-refractivity contribution in [3.05, 3.63) is 42.0 Å². The van der Waals surface area contributed by atoms with Crippen LogP contribution in [0.5, 0.6) is 0 Å². The number of aryl methyl sites for hydroxylation is 1. The Kier molecular flexibility index (Phi) is 4.10. The van der Waals surface area contributed by atoms with Crippen molar-refractivity contribution in [2.24, 2.45) is 0 Å². The molecule has 1 aromatic carbocycles. The van der Waals surface area contributed by atoms with E-state index in [2.05, 4.69) is 17.3 Å². The number of nitrogens with zero attached hydrogens (tertiary/aromatic N) is 2. The lowest BCUT2D eigenvalue weighted by Gasteiger charge is -2.06. The van der Waals surface area contributed by atoms with Crippen LogP contribution >= 0.6 is 0 Å². The Bertz CT molecular complexity index is 520. The van der Waals surface area contributed by atoms with Crippen molar-refractivity contribution >= 4 is 0 Å². The first-order chi connectivity index (χ1) is 8.74. The van der Waals surface area contributed by atoms with Crippen LogP contribution in [0.3, 0.4) is 0 Å². The van der Waals surface area contributed by atoms with Gasteiger partial charge in [-0.15, -0.1) is 0 Å². The van der Waals surface area contributed by atoms with Crippen LogP contribution in [0.4, 0.5) is 4.39 Å². The van der Waals surface area contributed by atoms with Gasteiger partial charge < -0.3 is 5.32 Å². The van der Waals surface area contributed by atoms with E-state index in [0.29, 0.717) is 5.56 Å². The molecule has 0 fully saturated rings. The molecule has 96 valence electrons. The summed E-state index contributed by atoms with van der Waals surface area (Å²) in [5.41, 5.74) is 2.52. The Morgan fingerprint density at radius 2 is 2.17 bits per heavy atom. The highest BCUT2D eigenvalue weighted by Crippen LogP contribution is 2.23. The van der Waals surface area contributed by atoms with Gasteiger partial charge in [0, 0.05) is 30.4 Å². The lowest BCUT2D eigenvalue weighted by molar-refractivity contribution is 0.629. The van der Waals surface area contributed by atoms with Gasteiger partial charge in [0.05, 0.1) is 6.20 Å². The summed E-state index contributed by atoms with van der Waals surface area (Å²) in [4.78, 5) is 0. The number of benzene rings is 1. The van der Waals surface area contributed by atoms with Gasteiger partial charge >= 0.3 is 0 Å². The lowest BCUT2D eigenvalue weighted by atomic mass is 10.1. The topological polar surface area (TPSA) is 29.9 Å². The molecular formula is C14H18FN3. The first-order valence-corrected chi connectivity index (χ1v) is 6.26. The summed E-state index contributed by atoms with van der Waals surface area (Å²) in [6.45, 7) is 6.51. The first kappa shape index (κ1) is 12.8. The van der Waals surface area contributed by atoms with Gasteiger partial charge in [-0.1, -0.05) is 13.0 Å². The van der Waals surface area contributed by atoms with E-state index in [1.165, 1.54) is 6.07 Å². The molecule has 1 N–H and O–H groups in total. The molecule has 0 radical (unpaired) electrons. The zero-order valence-corrected chi connectivity index (χ0v) is 10.8. The Hall–Kier alpha value is -1.68. The SMILES string of the molecule is CCNCc1ccc(F)c(-c2cnn(CC)c2)c1. The third-order valence-corrected chi connectivity index (χ3v) is 2.88. The van der Waals surface area contributed by atoms with E-state index in [-0.39, 0.29) is 5.82 Å². The van der Waals surface area contributed by atoms with Crippen molar-refractivity contribution in [3.63, 3.8) is 0 Å². The minimum Gasteiger partial charge on any atom is -0.313 e. The van der Waals surface area contributed by atoms with Gasteiger partial charge in [0.2, 0.25) is 0 Å². The van der Waals surface area contributed by atoms with Gasteiger partial charge in [0.15, 0.2) is 0 Å². The molecule has 1 aromatic heterocycles. The third-order valence-electron chi connectivity index (χ3n) is 2.88. The Labute approximate surface area is 107 Å². The van der Waals surface area contributed by atoms with Crippen LogP contribution in [-0.2, 0) is 13.1 Å². The van der Waals surface area contributed by atoms with Gasteiger partial charge in [-0.2, -0.15) is 5.10 Å². The van der Waals surface area contributed by atoms with E-state index < -0.39 is 0 Å². The smallest absolute Gasteiger partial charge is 0.131 e. The molecule has 2 aromatic rings. The van der Waals surface area contributed by atoms with Crippen LogP contribution < -0.4 is 5.32 Å². The molecule has 0 aliphatic carbocycles. The summed E-state index contributed by atoms with van der Waals surface area (Å²) < 4.78 is 15.6. The number of halogens is 1. The number of hydrogen-bond acceptors (Lipinski definition) is 2. The molecule has 0 aliphatic rings. The molecule has 1 heterocycles. The second-order valence-electron chi connectivity index (χ2n) is 4.18. The van der Waals surface area contributed by atoms with Gasteiger partial charge in [-0.3, -0.25) is 4.68 Å². The molecule has 3 nitrogen and oxygen atoms in total. The van der Waals surface area contributed by atoms with Crippen LogP contribution in [0.25, 0.3) is 11.1 Å². The highest BCUT2D eigenvalue weighted by atomic mass is 19.1. The molecule has 0 unspecified atom stereocenters. The summed E-state index contributed by atoms with van der Waals surface area (Å²) in [5.74, 6) is -0.203. The summed E-state index contributed by atoms with van der Waals surface area (Å²) in [6.07, 6.45) is 3.58. The minimum atomic E-state index is -0.203. The summed E-state index contributed by atoms with van der Waals surface area (Å²) >= 11 is 0. The molecule has 18 heavy (non-hydrogen) atoms. The van der Waals surface area contributed by atoms with Crippen molar-refractivity contribution < 1.29 is 4.39 Å². The van der Waals surface area contributed by atoms with Gasteiger partial charge in [0.25, 0.3) is 0 Å². The van der Waals surface area contributed by atoms with Gasteiger partial charge in [-0.25, -0.2) is 4.39 Å². The van der Waals surface area contributed by atoms with E-state index in [1.54, 1.807) is 10.9 Å². The number of hydrogen-bond donors (Lipinski definition) is 1. The maximum absolute atomic E-state index is 13.8. The maximum Gasteiger partial charge on any atom is 0.131 e. The third kappa shape index (κ3) is 2.76. The quantitative estimate of drug-likeness (QED) is 0.880. The van der Waals surface area contributed by atoms with Crippen molar-refractivity contribution in [1.29, 1.82) is 0 Å². The molecule has 0 atom stereocenters. The minimum absolute atomic E-state index is 0.203. The van der Waals surface area contributed by atoms with Gasteiger partial charge in [0.1, 0.15) is 5.82 Å². The average molecular weight is 247 g/mol. The molecule has 2 rings (SSSR count). The Morgan fingerprint density at radius 1 is 1.33 bits per heavy atom. The zero-order chi connectivity index (χ0) is 13.0. The van der Waals surface area contributed by atoms with E-state index >= 15 is 0 Å². The summed E-state index contributed by atoms with van der Waals surface area (Å²) in [6, 6.07) is 5.21. The highest BCUT2D eigenvalue weighted by Gasteiger charge is 2.08. The van der Waals surface area contributed by atoms with Crippen LogP contribution in [-0.4, -0.2) is 16.3 Å². The van der Waals surface area contributed by atoms with E-state index in [9.17, 15) is 4.39 Å². The van der Waals surface area contributed by atoms with Crippen molar-refractivity contribution in [1.82, 2.24) is 15.1 Å². The Morgan fingerprint density at radius 3 is 2.83 bits per heavy atom. The van der Waals surface area contributed by atoms with Crippen LogP contribution in [0.15, 0.2) is 30.6 Å². The molecule has 0 amide bonds. The van der Waals surface area contributed by atoms with E-state index in [0.717, 1.165) is 30.8 Å².